The lowest BCUT2D eigenvalue weighted by atomic mass is 10.1. The van der Waals surface area contributed by atoms with Crippen molar-refractivity contribution in [3.05, 3.63) is 81.1 Å². The minimum atomic E-state index is -0.127. The predicted molar refractivity (Wildman–Crippen MR) is 168 cm³/mol. The average Bonchev–Trinajstić information content (AvgIpc) is 3.48. The summed E-state index contributed by atoms with van der Waals surface area (Å²) in [6.07, 6.45) is 3.37. The normalized spacial score (nSPS) is 12.0. The fourth-order valence-corrected chi connectivity index (χ4v) is 6.17. The highest BCUT2D eigenvalue weighted by Gasteiger charge is 2.19. The van der Waals surface area contributed by atoms with Crippen LogP contribution in [0, 0.1) is 0 Å². The second-order valence-electron chi connectivity index (χ2n) is 10.1. The first-order chi connectivity index (χ1) is 21.0. The van der Waals surface area contributed by atoms with Crippen LogP contribution < -0.4 is 29.8 Å². The molecular formula is C32H34ClN3O6S. The Labute approximate surface area is 259 Å². The van der Waals surface area contributed by atoms with Gasteiger partial charge in [-0.05, 0) is 54.7 Å². The number of hydrogen-bond donors (Lipinski definition) is 1. The van der Waals surface area contributed by atoms with Gasteiger partial charge in [0.2, 0.25) is 12.7 Å². The summed E-state index contributed by atoms with van der Waals surface area (Å²) in [6.45, 7) is 1.15. The largest absolute Gasteiger partial charge is 0.493 e. The van der Waals surface area contributed by atoms with E-state index in [9.17, 15) is 9.59 Å². The van der Waals surface area contributed by atoms with Crippen molar-refractivity contribution in [3.8, 4) is 23.0 Å². The molecule has 0 atom stereocenters. The van der Waals surface area contributed by atoms with Crippen LogP contribution in [-0.4, -0.2) is 43.0 Å². The van der Waals surface area contributed by atoms with E-state index in [1.54, 1.807) is 30.9 Å². The quantitative estimate of drug-likeness (QED) is 0.104. The predicted octanol–water partition coefficient (Wildman–Crippen LogP) is 6.01. The van der Waals surface area contributed by atoms with Gasteiger partial charge >= 0.3 is 0 Å². The number of ether oxygens (including phenoxy) is 4. The van der Waals surface area contributed by atoms with Crippen LogP contribution in [0.3, 0.4) is 0 Å². The Morgan fingerprint density at radius 1 is 1.02 bits per heavy atom. The zero-order valence-electron chi connectivity index (χ0n) is 24.2. The van der Waals surface area contributed by atoms with Crippen molar-refractivity contribution in [2.24, 2.45) is 0 Å². The number of nitrogens with zero attached hydrogens (tertiary/aromatic N) is 2. The monoisotopic (exact) mass is 623 g/mol. The number of aromatic nitrogens is 2. The lowest BCUT2D eigenvalue weighted by Gasteiger charge is -2.14. The number of halogens is 1. The maximum Gasteiger partial charge on any atom is 0.262 e. The fraction of sp³-hybridized carbons (Fsp3) is 0.344. The molecule has 0 bridgehead atoms. The Morgan fingerprint density at radius 3 is 2.60 bits per heavy atom. The van der Waals surface area contributed by atoms with Gasteiger partial charge < -0.3 is 24.3 Å². The Kier molecular flexibility index (Phi) is 10.3. The fourth-order valence-electron chi connectivity index (χ4n) is 4.86. The Morgan fingerprint density at radius 2 is 1.81 bits per heavy atom. The second-order valence-corrected chi connectivity index (χ2v) is 11.4. The van der Waals surface area contributed by atoms with E-state index in [1.165, 1.54) is 11.8 Å². The molecule has 5 rings (SSSR count). The van der Waals surface area contributed by atoms with Crippen molar-refractivity contribution < 1.29 is 23.7 Å². The van der Waals surface area contributed by atoms with E-state index in [2.05, 4.69) is 5.32 Å². The summed E-state index contributed by atoms with van der Waals surface area (Å²) in [7, 11) is 3.21. The number of methoxy groups -OCH3 is 2. The minimum Gasteiger partial charge on any atom is -0.493 e. The van der Waals surface area contributed by atoms with Crippen LogP contribution in [0.5, 0.6) is 23.0 Å². The van der Waals surface area contributed by atoms with Crippen molar-refractivity contribution in [2.45, 2.75) is 49.6 Å². The highest BCUT2D eigenvalue weighted by Crippen LogP contribution is 2.35. The van der Waals surface area contributed by atoms with Crippen molar-refractivity contribution in [2.75, 3.05) is 27.6 Å². The molecule has 9 nitrogen and oxygen atoms in total. The molecule has 0 fully saturated rings. The molecule has 0 saturated carbocycles. The van der Waals surface area contributed by atoms with Crippen LogP contribution in [-0.2, 0) is 23.5 Å². The van der Waals surface area contributed by atoms with Crippen molar-refractivity contribution in [1.82, 2.24) is 14.9 Å². The number of fused-ring (bicyclic) bond motifs is 2. The number of thioether (sulfide) groups is 1. The highest BCUT2D eigenvalue weighted by molar-refractivity contribution is 7.98. The van der Waals surface area contributed by atoms with Crippen LogP contribution in [0.25, 0.3) is 10.9 Å². The molecule has 0 aliphatic carbocycles. The van der Waals surface area contributed by atoms with Gasteiger partial charge in [-0.1, -0.05) is 54.0 Å². The van der Waals surface area contributed by atoms with E-state index in [-0.39, 0.29) is 18.3 Å². The summed E-state index contributed by atoms with van der Waals surface area (Å²) >= 11 is 7.85. The number of amides is 1. The van der Waals surface area contributed by atoms with Gasteiger partial charge in [0.1, 0.15) is 0 Å². The first-order valence-corrected chi connectivity index (χ1v) is 15.5. The third-order valence-electron chi connectivity index (χ3n) is 7.20. The summed E-state index contributed by atoms with van der Waals surface area (Å²) in [6, 6.07) is 16.9. The average molecular weight is 624 g/mol. The van der Waals surface area contributed by atoms with E-state index in [1.807, 2.05) is 42.5 Å². The number of hydrogen-bond acceptors (Lipinski definition) is 8. The number of rotatable bonds is 14. The molecule has 2 heterocycles. The lowest BCUT2D eigenvalue weighted by molar-refractivity contribution is -0.121. The van der Waals surface area contributed by atoms with Crippen LogP contribution in [0.1, 0.15) is 36.8 Å². The van der Waals surface area contributed by atoms with E-state index >= 15 is 0 Å². The van der Waals surface area contributed by atoms with Crippen molar-refractivity contribution in [1.29, 1.82) is 0 Å². The van der Waals surface area contributed by atoms with Crippen LogP contribution in [0.4, 0.5) is 0 Å². The van der Waals surface area contributed by atoms with Gasteiger partial charge in [0.25, 0.3) is 5.56 Å². The van der Waals surface area contributed by atoms with Gasteiger partial charge in [0.05, 0.1) is 25.1 Å². The van der Waals surface area contributed by atoms with Crippen molar-refractivity contribution in [3.63, 3.8) is 0 Å². The Balaban J connectivity index is 1.16. The van der Waals surface area contributed by atoms with E-state index in [4.69, 9.17) is 35.5 Å². The highest BCUT2D eigenvalue weighted by atomic mass is 35.5. The summed E-state index contributed by atoms with van der Waals surface area (Å²) in [5, 5.41) is 4.77. The summed E-state index contributed by atoms with van der Waals surface area (Å²) in [5.41, 5.74) is 2.47. The Hall–Kier alpha value is -3.89. The smallest absolute Gasteiger partial charge is 0.262 e. The maximum atomic E-state index is 13.6. The Bertz CT molecular complexity index is 1660. The molecule has 43 heavy (non-hydrogen) atoms. The number of nitrogens with one attached hydrogen (secondary N) is 1. The molecule has 0 saturated heterocycles. The third kappa shape index (κ3) is 7.55. The van der Waals surface area contributed by atoms with Gasteiger partial charge in [-0.2, -0.15) is 0 Å². The van der Waals surface area contributed by atoms with E-state index in [0.29, 0.717) is 75.8 Å². The molecule has 1 aliphatic rings. The molecule has 0 radical (unpaired) electrons. The summed E-state index contributed by atoms with van der Waals surface area (Å²) in [5.74, 6) is 3.06. The zero-order valence-corrected chi connectivity index (χ0v) is 25.8. The van der Waals surface area contributed by atoms with E-state index < -0.39 is 0 Å². The summed E-state index contributed by atoms with van der Waals surface area (Å²) in [4.78, 5) is 30.9. The maximum absolute atomic E-state index is 13.6. The molecule has 1 aliphatic heterocycles. The SMILES string of the molecule is COc1ccc(CCNC(=O)CCCCCn2c(SCc3ccccc3Cl)nc3cc4c(cc3c2=O)OCO4)cc1OC. The topological polar surface area (TPSA) is 101 Å². The molecule has 11 heteroatoms. The number of benzene rings is 3. The van der Waals surface area contributed by atoms with Gasteiger partial charge in [0, 0.05) is 36.4 Å². The van der Waals surface area contributed by atoms with Crippen LogP contribution in [0.15, 0.2) is 64.5 Å². The molecule has 3 aromatic carbocycles. The number of carbonyl (C=O) groups excluding carboxylic acids is 1. The molecule has 1 amide bonds. The van der Waals surface area contributed by atoms with Gasteiger partial charge in [-0.25, -0.2) is 4.98 Å². The van der Waals surface area contributed by atoms with Gasteiger partial charge in [-0.3, -0.25) is 14.2 Å². The standard InChI is InChI=1S/C32H34ClN3O6S/c1-39-26-12-11-21(16-27(26)40-2)13-14-34-30(37)10-4-3-7-15-36-31(38)23-17-28-29(42-20-41-28)18-25(23)35-32(36)43-19-22-8-5-6-9-24(22)33/h5-6,8-9,11-12,16-18H,3-4,7,10,13-15,19-20H2,1-2H3,(H,34,37). The first-order valence-electron chi connectivity index (χ1n) is 14.1. The van der Waals surface area contributed by atoms with Gasteiger partial charge in [0.15, 0.2) is 28.2 Å². The van der Waals surface area contributed by atoms with Crippen LogP contribution in [0.2, 0.25) is 5.02 Å². The molecule has 4 aromatic rings. The molecule has 0 spiro atoms. The van der Waals surface area contributed by atoms with Crippen LogP contribution >= 0.6 is 23.4 Å². The number of carbonyl (C=O) groups is 1. The molecule has 1 N–H and O–H groups in total. The van der Waals surface area contributed by atoms with Crippen molar-refractivity contribution >= 4 is 40.2 Å². The zero-order chi connectivity index (χ0) is 30.2. The number of unbranched alkanes of at least 4 members (excludes halogenated alkanes) is 2. The molecule has 1 aromatic heterocycles. The third-order valence-corrected chi connectivity index (χ3v) is 8.59. The van der Waals surface area contributed by atoms with E-state index in [0.717, 1.165) is 30.4 Å². The molecule has 226 valence electrons. The van der Waals surface area contributed by atoms with Gasteiger partial charge in [-0.15, -0.1) is 0 Å². The minimum absolute atomic E-state index is 0.0112. The molecular weight excluding hydrogens is 590 g/mol. The lowest BCUT2D eigenvalue weighted by Crippen LogP contribution is -2.25. The summed E-state index contributed by atoms with van der Waals surface area (Å²) < 4.78 is 23.3. The second kappa shape index (κ2) is 14.5. The molecule has 0 unspecified atom stereocenters. The first kappa shape index (κ1) is 30.6.